The van der Waals surface area contributed by atoms with Gasteiger partial charge < -0.3 is 16.0 Å². The van der Waals surface area contributed by atoms with Gasteiger partial charge in [-0.3, -0.25) is 14.9 Å². The van der Waals surface area contributed by atoms with Gasteiger partial charge in [-0.1, -0.05) is 12.1 Å². The first-order chi connectivity index (χ1) is 9.97. The summed E-state index contributed by atoms with van der Waals surface area (Å²) in [6.45, 7) is 2.84. The van der Waals surface area contributed by atoms with Crippen LogP contribution in [0.2, 0.25) is 0 Å². The summed E-state index contributed by atoms with van der Waals surface area (Å²) in [5.74, 6) is -0.583. The van der Waals surface area contributed by atoms with Gasteiger partial charge in [0.2, 0.25) is 0 Å². The van der Waals surface area contributed by atoms with Crippen LogP contribution in [0.15, 0.2) is 24.3 Å². The minimum atomic E-state index is -1.10. The van der Waals surface area contributed by atoms with Gasteiger partial charge in [-0.05, 0) is 31.7 Å². The van der Waals surface area contributed by atoms with Crippen LogP contribution in [0.5, 0.6) is 0 Å². The summed E-state index contributed by atoms with van der Waals surface area (Å²) >= 11 is 0. The lowest BCUT2D eigenvalue weighted by Gasteiger charge is -2.21. The number of hydrogen-bond donors (Lipinski definition) is 4. The van der Waals surface area contributed by atoms with Crippen LogP contribution in [0.1, 0.15) is 22.8 Å². The predicted octanol–water partition coefficient (Wildman–Crippen LogP) is -0.310. The molecule has 0 spiro atoms. The molecule has 2 rings (SSSR count). The van der Waals surface area contributed by atoms with E-state index in [-0.39, 0.29) is 5.91 Å². The Hall–Kier alpha value is -2.41. The van der Waals surface area contributed by atoms with E-state index in [1.807, 2.05) is 7.05 Å². The number of carbonyl (C=O) groups is 3. The molecule has 1 aliphatic heterocycles. The minimum absolute atomic E-state index is 0.179. The summed E-state index contributed by atoms with van der Waals surface area (Å²) in [6.07, 6.45) is 0. The highest BCUT2D eigenvalue weighted by atomic mass is 16.2. The van der Waals surface area contributed by atoms with Crippen molar-refractivity contribution in [3.63, 3.8) is 0 Å². The summed E-state index contributed by atoms with van der Waals surface area (Å²) in [7, 11) is 1.81. The Morgan fingerprint density at radius 2 is 1.86 bits per heavy atom. The van der Waals surface area contributed by atoms with Gasteiger partial charge in [0.1, 0.15) is 5.54 Å². The third kappa shape index (κ3) is 3.03. The molecule has 1 saturated heterocycles. The highest BCUT2D eigenvalue weighted by Crippen LogP contribution is 2.24. The molecule has 0 bridgehead atoms. The molecule has 7 heteroatoms. The van der Waals surface area contributed by atoms with Gasteiger partial charge in [-0.15, -0.1) is 0 Å². The largest absolute Gasteiger partial charge is 0.351 e. The van der Waals surface area contributed by atoms with Gasteiger partial charge in [0, 0.05) is 18.7 Å². The van der Waals surface area contributed by atoms with Crippen molar-refractivity contribution in [1.29, 1.82) is 0 Å². The van der Waals surface area contributed by atoms with Crippen LogP contribution in [-0.4, -0.2) is 38.0 Å². The van der Waals surface area contributed by atoms with E-state index in [0.29, 0.717) is 24.2 Å². The standard InChI is InChI=1S/C14H18N4O3/c1-14(12(20)17-13(21)18-14)10-5-3-9(4-6-10)11(19)16-8-7-15-2/h3-6,15H,7-8H2,1-2H3,(H,16,19)(H2,17,18,20,21). The topological polar surface area (TPSA) is 99.3 Å². The maximum Gasteiger partial charge on any atom is 0.322 e. The minimum Gasteiger partial charge on any atom is -0.351 e. The SMILES string of the molecule is CNCCNC(=O)c1ccc(C2(C)NC(=O)NC2=O)cc1. The zero-order chi connectivity index (χ0) is 15.5. The van der Waals surface area contributed by atoms with Gasteiger partial charge in [0.15, 0.2) is 0 Å². The lowest BCUT2D eigenvalue weighted by molar-refractivity contribution is -0.123. The smallest absolute Gasteiger partial charge is 0.322 e. The molecular formula is C14H18N4O3. The number of likely N-dealkylation sites (N-methyl/N-ethyl adjacent to an activating group) is 1. The molecule has 1 aromatic rings. The quantitative estimate of drug-likeness (QED) is 0.441. The molecule has 1 aliphatic rings. The second kappa shape index (κ2) is 5.92. The average molecular weight is 290 g/mol. The van der Waals surface area contributed by atoms with Crippen molar-refractivity contribution in [3.8, 4) is 0 Å². The Morgan fingerprint density at radius 1 is 1.19 bits per heavy atom. The summed E-state index contributed by atoms with van der Waals surface area (Å²) < 4.78 is 0. The average Bonchev–Trinajstić information content (AvgIpc) is 2.73. The van der Waals surface area contributed by atoms with Crippen molar-refractivity contribution in [2.24, 2.45) is 0 Å². The maximum absolute atomic E-state index is 11.9. The molecule has 112 valence electrons. The molecule has 0 saturated carbocycles. The molecule has 1 aromatic carbocycles. The Morgan fingerprint density at radius 3 is 2.38 bits per heavy atom. The van der Waals surface area contributed by atoms with Crippen LogP contribution in [0.4, 0.5) is 4.79 Å². The maximum atomic E-state index is 11.9. The van der Waals surface area contributed by atoms with Crippen molar-refractivity contribution in [2.75, 3.05) is 20.1 Å². The summed E-state index contributed by atoms with van der Waals surface area (Å²) in [5.41, 5.74) is 0.0268. The summed E-state index contributed by atoms with van der Waals surface area (Å²) in [4.78, 5) is 34.9. The number of urea groups is 1. The second-order valence-electron chi connectivity index (χ2n) is 4.97. The summed E-state index contributed by atoms with van der Waals surface area (Å²) in [5, 5.41) is 10.5. The van der Waals surface area contributed by atoms with Crippen LogP contribution in [0, 0.1) is 0 Å². The first kappa shape index (κ1) is 15.0. The fraction of sp³-hybridized carbons (Fsp3) is 0.357. The third-order valence-corrected chi connectivity index (χ3v) is 3.43. The van der Waals surface area contributed by atoms with E-state index in [1.165, 1.54) is 0 Å². The summed E-state index contributed by atoms with van der Waals surface area (Å²) in [6, 6.07) is 6.08. The van der Waals surface area contributed by atoms with E-state index in [4.69, 9.17) is 0 Å². The lowest BCUT2D eigenvalue weighted by atomic mass is 9.91. The van der Waals surface area contributed by atoms with Gasteiger partial charge in [-0.2, -0.15) is 0 Å². The van der Waals surface area contributed by atoms with Crippen LogP contribution in [0.3, 0.4) is 0 Å². The highest BCUT2D eigenvalue weighted by Gasteiger charge is 2.43. The molecule has 0 radical (unpaired) electrons. The molecule has 4 N–H and O–H groups in total. The third-order valence-electron chi connectivity index (χ3n) is 3.43. The number of rotatable bonds is 5. The number of carbonyl (C=O) groups excluding carboxylic acids is 3. The van der Waals surface area contributed by atoms with Crippen molar-refractivity contribution >= 4 is 17.8 Å². The first-order valence-electron chi connectivity index (χ1n) is 6.64. The van der Waals surface area contributed by atoms with E-state index in [0.717, 1.165) is 0 Å². The normalized spacial score (nSPS) is 20.9. The number of imide groups is 1. The van der Waals surface area contributed by atoms with Crippen molar-refractivity contribution in [3.05, 3.63) is 35.4 Å². The molecule has 1 fully saturated rings. The van der Waals surface area contributed by atoms with E-state index >= 15 is 0 Å². The van der Waals surface area contributed by atoms with Gasteiger partial charge in [-0.25, -0.2) is 4.79 Å². The number of hydrogen-bond acceptors (Lipinski definition) is 4. The Bertz CT molecular complexity index is 570. The number of nitrogens with one attached hydrogen (secondary N) is 4. The van der Waals surface area contributed by atoms with Gasteiger partial charge >= 0.3 is 6.03 Å². The Balaban J connectivity index is 2.10. The van der Waals surface area contributed by atoms with Crippen LogP contribution < -0.4 is 21.3 Å². The predicted molar refractivity (Wildman–Crippen MR) is 76.7 cm³/mol. The van der Waals surface area contributed by atoms with Crippen molar-refractivity contribution in [2.45, 2.75) is 12.5 Å². The highest BCUT2D eigenvalue weighted by molar-refractivity contribution is 6.07. The molecular weight excluding hydrogens is 272 g/mol. The van der Waals surface area contributed by atoms with Crippen LogP contribution >= 0.6 is 0 Å². The molecule has 1 unspecified atom stereocenters. The fourth-order valence-electron chi connectivity index (χ4n) is 2.10. The molecule has 4 amide bonds. The molecule has 7 nitrogen and oxygen atoms in total. The van der Waals surface area contributed by atoms with Crippen molar-refractivity contribution < 1.29 is 14.4 Å². The monoisotopic (exact) mass is 290 g/mol. The lowest BCUT2D eigenvalue weighted by Crippen LogP contribution is -2.40. The Kier molecular flexibility index (Phi) is 4.23. The molecule has 1 atom stereocenters. The number of amides is 4. The Labute approximate surface area is 122 Å². The van der Waals surface area contributed by atoms with Gasteiger partial charge in [0.25, 0.3) is 11.8 Å². The molecule has 21 heavy (non-hydrogen) atoms. The van der Waals surface area contributed by atoms with E-state index in [2.05, 4.69) is 21.3 Å². The van der Waals surface area contributed by atoms with E-state index < -0.39 is 17.5 Å². The van der Waals surface area contributed by atoms with Crippen molar-refractivity contribution in [1.82, 2.24) is 21.3 Å². The van der Waals surface area contributed by atoms with Gasteiger partial charge in [0.05, 0.1) is 0 Å². The zero-order valence-corrected chi connectivity index (χ0v) is 11.9. The second-order valence-corrected chi connectivity index (χ2v) is 4.97. The van der Waals surface area contributed by atoms with E-state index in [9.17, 15) is 14.4 Å². The zero-order valence-electron chi connectivity index (χ0n) is 11.9. The fourth-order valence-corrected chi connectivity index (χ4v) is 2.10. The molecule has 0 aliphatic carbocycles. The van der Waals surface area contributed by atoms with E-state index in [1.54, 1.807) is 31.2 Å². The first-order valence-corrected chi connectivity index (χ1v) is 6.64. The van der Waals surface area contributed by atoms with Crippen LogP contribution in [0.25, 0.3) is 0 Å². The number of benzene rings is 1. The molecule has 1 heterocycles. The molecule has 0 aromatic heterocycles. The van der Waals surface area contributed by atoms with Crippen LogP contribution in [-0.2, 0) is 10.3 Å².